The van der Waals surface area contributed by atoms with Gasteiger partial charge in [0.2, 0.25) is 0 Å². The highest BCUT2D eigenvalue weighted by molar-refractivity contribution is 5.76. The number of rotatable bonds is 7. The van der Waals surface area contributed by atoms with Gasteiger partial charge in [-0.1, -0.05) is 53.7 Å². The Morgan fingerprint density at radius 1 is 1.00 bits per heavy atom. The largest absolute Gasteiger partial charge is 0.478 e. The van der Waals surface area contributed by atoms with Crippen LogP contribution < -0.4 is 4.74 Å². The molecule has 0 aromatic heterocycles. The Bertz CT molecular complexity index is 568. The van der Waals surface area contributed by atoms with E-state index in [2.05, 4.69) is 53.7 Å². The molecule has 3 heteroatoms. The molecule has 0 spiro atoms. The number of carboxylic acid groups (broad SMARTS) is 1. The zero-order valence-electron chi connectivity index (χ0n) is 15.9. The Kier molecular flexibility index (Phi) is 5.56. The van der Waals surface area contributed by atoms with Gasteiger partial charge >= 0.3 is 5.97 Å². The van der Waals surface area contributed by atoms with Crippen molar-refractivity contribution >= 4 is 5.97 Å². The Balaban J connectivity index is 3.45. The van der Waals surface area contributed by atoms with Crippen LogP contribution in [0.15, 0.2) is 18.2 Å². The first-order valence-corrected chi connectivity index (χ1v) is 8.45. The van der Waals surface area contributed by atoms with Gasteiger partial charge in [0.15, 0.2) is 5.60 Å². The third kappa shape index (κ3) is 4.27. The smallest absolute Gasteiger partial charge is 0.347 e. The Hall–Kier alpha value is -1.51. The molecule has 130 valence electrons. The summed E-state index contributed by atoms with van der Waals surface area (Å²) in [5.74, 6) is -0.296. The van der Waals surface area contributed by atoms with Crippen molar-refractivity contribution in [2.45, 2.75) is 84.7 Å². The molecule has 0 radical (unpaired) electrons. The molecule has 0 saturated heterocycles. The molecule has 0 unspecified atom stereocenters. The molecule has 1 rings (SSSR count). The van der Waals surface area contributed by atoms with Crippen molar-refractivity contribution < 1.29 is 14.6 Å². The summed E-state index contributed by atoms with van der Waals surface area (Å²) in [6, 6.07) is 6.19. The van der Waals surface area contributed by atoms with Gasteiger partial charge < -0.3 is 9.84 Å². The van der Waals surface area contributed by atoms with Crippen molar-refractivity contribution in [2.75, 3.05) is 0 Å². The van der Waals surface area contributed by atoms with Crippen molar-refractivity contribution in [3.05, 3.63) is 29.3 Å². The van der Waals surface area contributed by atoms with E-state index in [0.717, 1.165) is 18.4 Å². The van der Waals surface area contributed by atoms with Gasteiger partial charge in [-0.05, 0) is 49.1 Å². The van der Waals surface area contributed by atoms with Crippen molar-refractivity contribution in [2.24, 2.45) is 0 Å². The fourth-order valence-electron chi connectivity index (χ4n) is 2.28. The summed E-state index contributed by atoms with van der Waals surface area (Å²) in [6.07, 6.45) is 1.99. The third-order valence-electron chi connectivity index (χ3n) is 5.14. The van der Waals surface area contributed by atoms with E-state index >= 15 is 0 Å². The van der Waals surface area contributed by atoms with Crippen LogP contribution in [0.2, 0.25) is 0 Å². The van der Waals surface area contributed by atoms with E-state index in [4.69, 9.17) is 4.74 Å². The number of hydrogen-bond donors (Lipinski definition) is 1. The second-order valence-electron chi connectivity index (χ2n) is 8.10. The molecule has 0 aliphatic rings. The van der Waals surface area contributed by atoms with Gasteiger partial charge in [-0.25, -0.2) is 4.79 Å². The lowest BCUT2D eigenvalue weighted by molar-refractivity contribution is -0.152. The molecule has 0 aliphatic carbocycles. The minimum atomic E-state index is -1.25. The summed E-state index contributed by atoms with van der Waals surface area (Å²) in [7, 11) is 0. The van der Waals surface area contributed by atoms with Crippen LogP contribution in [0.25, 0.3) is 0 Å². The standard InChI is InChI=1S/C20H32O3/c1-9-18(3,4)14-11-12-16(23-20(7,8)17(21)22)15(13-14)19(5,6)10-2/h11-13H,9-10H2,1-8H3,(H,21,22). The van der Waals surface area contributed by atoms with Gasteiger partial charge in [-0.2, -0.15) is 0 Å². The van der Waals surface area contributed by atoms with E-state index in [-0.39, 0.29) is 10.8 Å². The first-order chi connectivity index (χ1) is 10.4. The molecular formula is C20H32O3. The molecule has 1 aromatic rings. The summed E-state index contributed by atoms with van der Waals surface area (Å²) < 4.78 is 5.88. The van der Waals surface area contributed by atoms with Crippen LogP contribution in [0, 0.1) is 0 Å². The van der Waals surface area contributed by atoms with Crippen LogP contribution in [0.4, 0.5) is 0 Å². The van der Waals surface area contributed by atoms with Crippen LogP contribution in [-0.4, -0.2) is 16.7 Å². The van der Waals surface area contributed by atoms with Crippen molar-refractivity contribution in [3.63, 3.8) is 0 Å². The zero-order valence-corrected chi connectivity index (χ0v) is 15.9. The predicted octanol–water partition coefficient (Wildman–Crippen LogP) is 5.30. The highest BCUT2D eigenvalue weighted by Gasteiger charge is 2.33. The molecule has 1 N–H and O–H groups in total. The molecule has 0 heterocycles. The number of ether oxygens (including phenoxy) is 1. The molecule has 0 atom stereocenters. The van der Waals surface area contributed by atoms with E-state index in [1.807, 2.05) is 6.07 Å². The zero-order chi connectivity index (χ0) is 18.1. The number of carboxylic acids is 1. The number of hydrogen-bond acceptors (Lipinski definition) is 2. The third-order valence-corrected chi connectivity index (χ3v) is 5.14. The normalized spacial score (nSPS) is 13.0. The minimum Gasteiger partial charge on any atom is -0.478 e. The van der Waals surface area contributed by atoms with Gasteiger partial charge in [0.1, 0.15) is 5.75 Å². The molecule has 23 heavy (non-hydrogen) atoms. The predicted molar refractivity (Wildman–Crippen MR) is 95.4 cm³/mol. The highest BCUT2D eigenvalue weighted by atomic mass is 16.5. The molecule has 0 aliphatic heterocycles. The second-order valence-corrected chi connectivity index (χ2v) is 8.10. The Morgan fingerprint density at radius 2 is 1.52 bits per heavy atom. The second kappa shape index (κ2) is 6.54. The summed E-state index contributed by atoms with van der Waals surface area (Å²) in [6.45, 7) is 16.3. The maximum Gasteiger partial charge on any atom is 0.347 e. The van der Waals surface area contributed by atoms with Crippen molar-refractivity contribution in [3.8, 4) is 5.75 Å². The summed E-state index contributed by atoms with van der Waals surface area (Å²) in [5.41, 5.74) is 1.09. The van der Waals surface area contributed by atoms with Gasteiger partial charge in [0.25, 0.3) is 0 Å². The van der Waals surface area contributed by atoms with Crippen LogP contribution >= 0.6 is 0 Å². The minimum absolute atomic E-state index is 0.0796. The maximum atomic E-state index is 11.4. The summed E-state index contributed by atoms with van der Waals surface area (Å²) in [4.78, 5) is 11.4. The molecule has 0 fully saturated rings. The number of carbonyl (C=O) groups is 1. The lowest BCUT2D eigenvalue weighted by Crippen LogP contribution is -2.38. The van der Waals surface area contributed by atoms with E-state index in [1.54, 1.807) is 13.8 Å². The van der Waals surface area contributed by atoms with E-state index < -0.39 is 11.6 Å². The van der Waals surface area contributed by atoms with E-state index in [0.29, 0.717) is 5.75 Å². The first kappa shape index (κ1) is 19.5. The molecule has 3 nitrogen and oxygen atoms in total. The fourth-order valence-corrected chi connectivity index (χ4v) is 2.28. The first-order valence-electron chi connectivity index (χ1n) is 8.45. The average molecular weight is 320 g/mol. The van der Waals surface area contributed by atoms with Gasteiger partial charge in [0.05, 0.1) is 0 Å². The highest BCUT2D eigenvalue weighted by Crippen LogP contribution is 2.39. The van der Waals surface area contributed by atoms with Crippen LogP contribution in [0.5, 0.6) is 5.75 Å². The summed E-state index contributed by atoms with van der Waals surface area (Å²) >= 11 is 0. The fraction of sp³-hybridized carbons (Fsp3) is 0.650. The van der Waals surface area contributed by atoms with E-state index in [1.165, 1.54) is 5.56 Å². The van der Waals surface area contributed by atoms with Gasteiger partial charge in [-0.15, -0.1) is 0 Å². The monoisotopic (exact) mass is 320 g/mol. The lowest BCUT2D eigenvalue weighted by atomic mass is 9.76. The molecule has 0 saturated carbocycles. The maximum absolute atomic E-state index is 11.4. The quantitative estimate of drug-likeness (QED) is 0.741. The van der Waals surface area contributed by atoms with Gasteiger partial charge in [0, 0.05) is 5.56 Å². The Labute approximate surface area is 141 Å². The topological polar surface area (TPSA) is 46.5 Å². The molecule has 0 bridgehead atoms. The van der Waals surface area contributed by atoms with Crippen molar-refractivity contribution in [1.82, 2.24) is 0 Å². The van der Waals surface area contributed by atoms with E-state index in [9.17, 15) is 9.90 Å². The van der Waals surface area contributed by atoms with Crippen LogP contribution in [0.3, 0.4) is 0 Å². The Morgan fingerprint density at radius 3 is 1.96 bits per heavy atom. The number of aliphatic carboxylic acids is 1. The average Bonchev–Trinajstić information content (AvgIpc) is 2.46. The molecule has 1 aromatic carbocycles. The molecule has 0 amide bonds. The summed E-state index contributed by atoms with van der Waals surface area (Å²) in [5, 5.41) is 9.35. The number of benzene rings is 1. The lowest BCUT2D eigenvalue weighted by Gasteiger charge is -2.32. The van der Waals surface area contributed by atoms with Crippen molar-refractivity contribution in [1.29, 1.82) is 0 Å². The molecular weight excluding hydrogens is 288 g/mol. The van der Waals surface area contributed by atoms with Gasteiger partial charge in [-0.3, -0.25) is 0 Å². The van der Waals surface area contributed by atoms with Crippen LogP contribution in [-0.2, 0) is 15.6 Å². The SMILES string of the molecule is CCC(C)(C)c1ccc(OC(C)(C)C(=O)O)c(C(C)(C)CC)c1. The van der Waals surface area contributed by atoms with Crippen LogP contribution in [0.1, 0.15) is 79.4 Å².